The van der Waals surface area contributed by atoms with Crippen molar-refractivity contribution in [3.8, 4) is 0 Å². The Morgan fingerprint density at radius 1 is 1.43 bits per heavy atom. The Hall–Kier alpha value is -0.770. The lowest BCUT2D eigenvalue weighted by Gasteiger charge is -2.29. The number of amides is 1. The monoisotopic (exact) mass is 198 g/mol. The molecule has 0 aromatic heterocycles. The minimum atomic E-state index is -0.265. The highest BCUT2D eigenvalue weighted by atomic mass is 16.5. The summed E-state index contributed by atoms with van der Waals surface area (Å²) in [6, 6.07) is 1.54. The Balaban J connectivity index is 1.79. The van der Waals surface area contributed by atoms with E-state index < -0.39 is 0 Å². The molecule has 0 spiro atoms. The quantitative estimate of drug-likeness (QED) is 0.696. The van der Waals surface area contributed by atoms with Crippen LogP contribution in [0.4, 0.5) is 4.79 Å². The van der Waals surface area contributed by atoms with E-state index in [-0.39, 0.29) is 6.09 Å². The Bertz CT molecular complexity index is 208. The normalized spacial score (nSPS) is 35.4. The summed E-state index contributed by atoms with van der Waals surface area (Å²) in [5.74, 6) is 0. The predicted molar refractivity (Wildman–Crippen MR) is 53.1 cm³/mol. The van der Waals surface area contributed by atoms with Crippen molar-refractivity contribution >= 4 is 6.09 Å². The average molecular weight is 198 g/mol. The molecule has 3 atom stereocenters. The highest BCUT2D eigenvalue weighted by Crippen LogP contribution is 2.26. The van der Waals surface area contributed by atoms with Crippen LogP contribution in [-0.4, -0.2) is 30.8 Å². The van der Waals surface area contributed by atoms with E-state index in [1.165, 1.54) is 12.8 Å². The van der Waals surface area contributed by atoms with Crippen molar-refractivity contribution in [1.29, 1.82) is 0 Å². The smallest absolute Gasteiger partial charge is 0.407 e. The van der Waals surface area contributed by atoms with Gasteiger partial charge in [0.15, 0.2) is 0 Å². The summed E-state index contributed by atoms with van der Waals surface area (Å²) in [7, 11) is 0. The van der Waals surface area contributed by atoms with Crippen LogP contribution in [0, 0.1) is 0 Å². The fourth-order valence-corrected chi connectivity index (χ4v) is 2.51. The van der Waals surface area contributed by atoms with Crippen LogP contribution in [0.5, 0.6) is 0 Å². The number of carbonyl (C=O) groups is 1. The first-order valence-corrected chi connectivity index (χ1v) is 5.47. The first-order chi connectivity index (χ1) is 6.78. The van der Waals surface area contributed by atoms with Gasteiger partial charge < -0.3 is 15.4 Å². The Morgan fingerprint density at radius 3 is 2.64 bits per heavy atom. The maximum atomic E-state index is 11.2. The van der Waals surface area contributed by atoms with Crippen molar-refractivity contribution in [2.75, 3.05) is 6.61 Å². The molecular weight excluding hydrogens is 180 g/mol. The molecule has 1 amide bonds. The van der Waals surface area contributed by atoms with Gasteiger partial charge in [-0.3, -0.25) is 0 Å². The Morgan fingerprint density at radius 2 is 2.07 bits per heavy atom. The third kappa shape index (κ3) is 2.18. The van der Waals surface area contributed by atoms with Gasteiger partial charge in [0.2, 0.25) is 0 Å². The van der Waals surface area contributed by atoms with Crippen molar-refractivity contribution in [3.63, 3.8) is 0 Å². The zero-order valence-corrected chi connectivity index (χ0v) is 8.58. The molecule has 4 heteroatoms. The highest BCUT2D eigenvalue weighted by molar-refractivity contribution is 5.67. The summed E-state index contributed by atoms with van der Waals surface area (Å²) in [5, 5.41) is 6.45. The second-order valence-electron chi connectivity index (χ2n) is 4.17. The fourth-order valence-electron chi connectivity index (χ4n) is 2.51. The maximum absolute atomic E-state index is 11.2. The number of ether oxygens (including phenoxy) is 1. The molecule has 0 aromatic carbocycles. The molecule has 0 saturated carbocycles. The van der Waals surface area contributed by atoms with Crippen molar-refractivity contribution < 1.29 is 9.53 Å². The Labute approximate surface area is 84.4 Å². The van der Waals surface area contributed by atoms with Crippen molar-refractivity contribution in [2.45, 2.75) is 50.7 Å². The first-order valence-electron chi connectivity index (χ1n) is 5.47. The maximum Gasteiger partial charge on any atom is 0.407 e. The van der Waals surface area contributed by atoms with Gasteiger partial charge in [0.25, 0.3) is 0 Å². The largest absolute Gasteiger partial charge is 0.450 e. The fraction of sp³-hybridized carbons (Fsp3) is 0.900. The van der Waals surface area contributed by atoms with E-state index >= 15 is 0 Å². The van der Waals surface area contributed by atoms with Crippen LogP contribution in [0.2, 0.25) is 0 Å². The number of fused-ring (bicyclic) bond motifs is 2. The van der Waals surface area contributed by atoms with Crippen molar-refractivity contribution in [1.82, 2.24) is 10.6 Å². The van der Waals surface area contributed by atoms with E-state index in [9.17, 15) is 4.79 Å². The third-order valence-electron chi connectivity index (χ3n) is 3.07. The number of hydrogen-bond acceptors (Lipinski definition) is 3. The zero-order chi connectivity index (χ0) is 9.97. The lowest BCUT2D eigenvalue weighted by atomic mass is 10.0. The zero-order valence-electron chi connectivity index (χ0n) is 8.58. The molecule has 2 rings (SSSR count). The van der Waals surface area contributed by atoms with Gasteiger partial charge in [-0.25, -0.2) is 4.79 Å². The molecule has 2 aliphatic rings. The molecule has 0 aromatic rings. The molecule has 14 heavy (non-hydrogen) atoms. The lowest BCUT2D eigenvalue weighted by molar-refractivity contribution is 0.143. The van der Waals surface area contributed by atoms with Crippen LogP contribution in [0.1, 0.15) is 32.6 Å². The van der Waals surface area contributed by atoms with Crippen LogP contribution >= 0.6 is 0 Å². The molecule has 2 N–H and O–H groups in total. The van der Waals surface area contributed by atoms with Gasteiger partial charge >= 0.3 is 6.09 Å². The third-order valence-corrected chi connectivity index (χ3v) is 3.07. The van der Waals surface area contributed by atoms with Crippen LogP contribution in [-0.2, 0) is 4.74 Å². The number of nitrogens with one attached hydrogen (secondary N) is 2. The summed E-state index contributed by atoms with van der Waals surface area (Å²) in [6.07, 6.45) is 4.35. The standard InChI is InChI=1S/C10H18N2O2/c1-2-14-10(13)12-9-5-7-3-4-8(6-9)11-7/h7-9,11H,2-6H2,1H3,(H,12,13)/t7-,8+,9?. The minimum Gasteiger partial charge on any atom is -0.450 e. The van der Waals surface area contributed by atoms with Crippen LogP contribution in [0.25, 0.3) is 0 Å². The van der Waals surface area contributed by atoms with Gasteiger partial charge in [0.1, 0.15) is 0 Å². The topological polar surface area (TPSA) is 50.4 Å². The van der Waals surface area contributed by atoms with E-state index in [1.54, 1.807) is 0 Å². The molecule has 2 aliphatic heterocycles. The van der Waals surface area contributed by atoms with E-state index in [0.717, 1.165) is 12.8 Å². The van der Waals surface area contributed by atoms with Crippen molar-refractivity contribution in [3.05, 3.63) is 0 Å². The second-order valence-corrected chi connectivity index (χ2v) is 4.17. The summed E-state index contributed by atoms with van der Waals surface area (Å²) < 4.78 is 4.87. The van der Waals surface area contributed by atoms with E-state index in [2.05, 4.69) is 10.6 Å². The summed E-state index contributed by atoms with van der Waals surface area (Å²) >= 11 is 0. The van der Waals surface area contributed by atoms with Gasteiger partial charge in [-0.15, -0.1) is 0 Å². The molecule has 4 nitrogen and oxygen atoms in total. The average Bonchev–Trinajstić information content (AvgIpc) is 2.46. The van der Waals surface area contributed by atoms with Gasteiger partial charge in [-0.1, -0.05) is 0 Å². The molecule has 2 bridgehead atoms. The molecule has 0 radical (unpaired) electrons. The molecule has 2 heterocycles. The number of hydrogen-bond donors (Lipinski definition) is 2. The number of rotatable bonds is 2. The van der Waals surface area contributed by atoms with E-state index in [0.29, 0.717) is 24.7 Å². The summed E-state index contributed by atoms with van der Waals surface area (Å²) in [5.41, 5.74) is 0. The molecule has 0 aliphatic carbocycles. The van der Waals surface area contributed by atoms with Gasteiger partial charge in [0.05, 0.1) is 6.61 Å². The minimum absolute atomic E-state index is 0.265. The van der Waals surface area contributed by atoms with Gasteiger partial charge in [-0.05, 0) is 32.6 Å². The van der Waals surface area contributed by atoms with Crippen LogP contribution in [0.3, 0.4) is 0 Å². The van der Waals surface area contributed by atoms with E-state index in [1.807, 2.05) is 6.92 Å². The molecular formula is C10H18N2O2. The molecule has 1 unspecified atom stereocenters. The van der Waals surface area contributed by atoms with Crippen LogP contribution < -0.4 is 10.6 Å². The molecule has 2 fully saturated rings. The van der Waals surface area contributed by atoms with Gasteiger partial charge in [-0.2, -0.15) is 0 Å². The highest BCUT2D eigenvalue weighted by Gasteiger charge is 2.34. The van der Waals surface area contributed by atoms with Crippen LogP contribution in [0.15, 0.2) is 0 Å². The van der Waals surface area contributed by atoms with Crippen molar-refractivity contribution in [2.24, 2.45) is 0 Å². The van der Waals surface area contributed by atoms with Gasteiger partial charge in [0, 0.05) is 18.1 Å². The predicted octanol–water partition coefficient (Wildman–Crippen LogP) is 1.02. The molecule has 2 saturated heterocycles. The SMILES string of the molecule is CCOC(=O)NC1C[C@H]2CC[C@@H](C1)N2. The second kappa shape index (κ2) is 4.17. The number of carbonyl (C=O) groups excluding carboxylic acids is 1. The summed E-state index contributed by atoms with van der Waals surface area (Å²) in [4.78, 5) is 11.2. The lowest BCUT2D eigenvalue weighted by Crippen LogP contribution is -2.48. The summed E-state index contributed by atoms with van der Waals surface area (Å²) in [6.45, 7) is 2.27. The number of alkyl carbamates (subject to hydrolysis) is 1. The number of piperidine rings is 1. The Kier molecular flexibility index (Phi) is 2.91. The molecule has 80 valence electrons. The van der Waals surface area contributed by atoms with E-state index in [4.69, 9.17) is 4.74 Å². The first kappa shape index (κ1) is 9.77.